The first kappa shape index (κ1) is 26.8. The Labute approximate surface area is 219 Å². The summed E-state index contributed by atoms with van der Waals surface area (Å²) >= 11 is 0. The van der Waals surface area contributed by atoms with Crippen LogP contribution in [0.15, 0.2) is 60.0 Å². The van der Waals surface area contributed by atoms with Gasteiger partial charge in [0.25, 0.3) is 10.0 Å². The van der Waals surface area contributed by atoms with Crippen molar-refractivity contribution < 1.29 is 26.0 Å². The van der Waals surface area contributed by atoms with Crippen LogP contribution in [0.1, 0.15) is 46.9 Å². The maximum atomic E-state index is 14.4. The number of fused-ring (bicyclic) bond motifs is 1. The number of likely N-dealkylation sites (tertiary alicyclic amines) is 1. The zero-order valence-corrected chi connectivity index (χ0v) is 21.8. The molecule has 1 aliphatic carbocycles. The number of nitrogens with zero attached hydrogens (tertiary/aromatic N) is 3. The number of aromatic nitrogens is 2. The van der Waals surface area contributed by atoms with Crippen molar-refractivity contribution in [2.75, 3.05) is 26.2 Å². The molecule has 0 saturated carbocycles. The highest BCUT2D eigenvalue weighted by atomic mass is 32.2. The van der Waals surface area contributed by atoms with Crippen molar-refractivity contribution >= 4 is 10.0 Å². The summed E-state index contributed by atoms with van der Waals surface area (Å²) in [4.78, 5) is 6.22. The van der Waals surface area contributed by atoms with Crippen molar-refractivity contribution in [3.05, 3.63) is 83.1 Å². The number of halogens is 4. The van der Waals surface area contributed by atoms with Gasteiger partial charge in [0.05, 0.1) is 11.9 Å². The lowest BCUT2D eigenvalue weighted by Crippen LogP contribution is -2.42. The van der Waals surface area contributed by atoms with Gasteiger partial charge in [0.15, 0.2) is 5.03 Å². The van der Waals surface area contributed by atoms with Gasteiger partial charge in [-0.2, -0.15) is 13.2 Å². The molecule has 11 heteroatoms. The van der Waals surface area contributed by atoms with E-state index in [1.54, 1.807) is 23.7 Å². The fourth-order valence-electron chi connectivity index (χ4n) is 5.77. The molecule has 204 valence electrons. The van der Waals surface area contributed by atoms with E-state index >= 15 is 0 Å². The Hall–Kier alpha value is -2.76. The molecular weight excluding hydrogens is 520 g/mol. The monoisotopic (exact) mass is 550 g/mol. The number of sulfonamides is 1. The smallest absolute Gasteiger partial charge is 0.339 e. The van der Waals surface area contributed by atoms with E-state index in [9.17, 15) is 26.0 Å². The largest absolute Gasteiger partial charge is 0.416 e. The Balaban J connectivity index is 1.42. The average Bonchev–Trinajstić information content (AvgIpc) is 3.38. The quantitative estimate of drug-likeness (QED) is 0.393. The molecule has 2 aromatic carbocycles. The van der Waals surface area contributed by atoms with Gasteiger partial charge in [0.1, 0.15) is 5.82 Å². The molecule has 1 N–H and O–H groups in total. The molecule has 0 bridgehead atoms. The molecular formula is C27H30F4N4O2S. The lowest BCUT2D eigenvalue weighted by atomic mass is 9.81. The predicted molar refractivity (Wildman–Crippen MR) is 135 cm³/mol. The van der Waals surface area contributed by atoms with Gasteiger partial charge in [0, 0.05) is 26.3 Å². The van der Waals surface area contributed by atoms with Gasteiger partial charge in [-0.05, 0) is 85.0 Å². The highest BCUT2D eigenvalue weighted by molar-refractivity contribution is 7.89. The molecule has 5 rings (SSSR count). The second-order valence-electron chi connectivity index (χ2n) is 10.3. The molecule has 1 aromatic heterocycles. The molecule has 38 heavy (non-hydrogen) atoms. The van der Waals surface area contributed by atoms with Gasteiger partial charge in [-0.15, -0.1) is 0 Å². The van der Waals surface area contributed by atoms with E-state index < -0.39 is 21.8 Å². The zero-order chi connectivity index (χ0) is 27.1. The van der Waals surface area contributed by atoms with Crippen LogP contribution in [0.4, 0.5) is 17.6 Å². The molecule has 1 aliphatic heterocycles. The summed E-state index contributed by atoms with van der Waals surface area (Å²) in [5.74, 6) is -0.651. The number of nitrogens with one attached hydrogen (secondary N) is 1. The number of aryl methyl sites for hydroxylation is 1. The van der Waals surface area contributed by atoms with Crippen LogP contribution in [0, 0.1) is 11.7 Å². The van der Waals surface area contributed by atoms with Gasteiger partial charge in [0.2, 0.25) is 0 Å². The SMILES string of the molecule is Cn1cnc(S(=O)(=O)NCCC2c3cc(F)ccc3C(Cc3cccc(C(F)(F)F)c3)C2CN2CCC2)c1. The summed E-state index contributed by atoms with van der Waals surface area (Å²) < 4.78 is 84.1. The van der Waals surface area contributed by atoms with Crippen LogP contribution in [0.5, 0.6) is 0 Å². The second-order valence-corrected chi connectivity index (χ2v) is 12.0. The summed E-state index contributed by atoms with van der Waals surface area (Å²) in [7, 11) is -2.12. The molecule has 2 heterocycles. The fourth-order valence-corrected chi connectivity index (χ4v) is 6.80. The molecule has 3 aromatic rings. The third-order valence-corrected chi connectivity index (χ3v) is 9.06. The van der Waals surface area contributed by atoms with Crippen LogP contribution in [0.2, 0.25) is 0 Å². The van der Waals surface area contributed by atoms with Crippen molar-refractivity contribution in [1.82, 2.24) is 19.2 Å². The summed E-state index contributed by atoms with van der Waals surface area (Å²) in [6, 6.07) is 10.0. The van der Waals surface area contributed by atoms with Crippen LogP contribution in [0.3, 0.4) is 0 Å². The first-order valence-corrected chi connectivity index (χ1v) is 14.1. The van der Waals surface area contributed by atoms with Gasteiger partial charge < -0.3 is 9.47 Å². The summed E-state index contributed by atoms with van der Waals surface area (Å²) in [6.45, 7) is 2.73. The molecule has 2 aliphatic rings. The summed E-state index contributed by atoms with van der Waals surface area (Å²) in [5.41, 5.74) is 1.62. The third-order valence-electron chi connectivity index (χ3n) is 7.71. The minimum atomic E-state index is -4.43. The first-order valence-electron chi connectivity index (χ1n) is 12.7. The number of alkyl halides is 3. The minimum absolute atomic E-state index is 0.000923. The van der Waals surface area contributed by atoms with Crippen LogP contribution >= 0.6 is 0 Å². The van der Waals surface area contributed by atoms with E-state index in [2.05, 4.69) is 14.6 Å². The van der Waals surface area contributed by atoms with E-state index in [1.165, 1.54) is 36.8 Å². The molecule has 6 nitrogen and oxygen atoms in total. The maximum absolute atomic E-state index is 14.4. The van der Waals surface area contributed by atoms with Gasteiger partial charge in [-0.3, -0.25) is 0 Å². The molecule has 1 saturated heterocycles. The van der Waals surface area contributed by atoms with Crippen LogP contribution < -0.4 is 4.72 Å². The van der Waals surface area contributed by atoms with E-state index in [4.69, 9.17) is 0 Å². The Morgan fingerprint density at radius 3 is 2.53 bits per heavy atom. The molecule has 1 fully saturated rings. The highest BCUT2D eigenvalue weighted by Crippen LogP contribution is 2.50. The van der Waals surface area contributed by atoms with Gasteiger partial charge in [-0.1, -0.05) is 24.3 Å². The molecule has 0 spiro atoms. The normalized spacial score (nSPS) is 21.9. The third kappa shape index (κ3) is 5.64. The predicted octanol–water partition coefficient (Wildman–Crippen LogP) is 4.69. The van der Waals surface area contributed by atoms with Crippen molar-refractivity contribution in [3.8, 4) is 0 Å². The number of rotatable bonds is 9. The Kier molecular flexibility index (Phi) is 7.36. The van der Waals surface area contributed by atoms with E-state index in [-0.39, 0.29) is 35.1 Å². The topological polar surface area (TPSA) is 67.2 Å². The number of imidazole rings is 1. The van der Waals surface area contributed by atoms with Crippen LogP contribution in [-0.2, 0) is 29.7 Å². The van der Waals surface area contributed by atoms with Crippen LogP contribution in [-0.4, -0.2) is 49.0 Å². The van der Waals surface area contributed by atoms with E-state index in [0.717, 1.165) is 43.2 Å². The Bertz CT molecular complexity index is 1400. The second kappa shape index (κ2) is 10.4. The minimum Gasteiger partial charge on any atom is -0.339 e. The lowest BCUT2D eigenvalue weighted by molar-refractivity contribution is -0.137. The van der Waals surface area contributed by atoms with Crippen molar-refractivity contribution in [3.63, 3.8) is 0 Å². The van der Waals surface area contributed by atoms with Crippen molar-refractivity contribution in [2.24, 2.45) is 13.0 Å². The van der Waals surface area contributed by atoms with Gasteiger partial charge >= 0.3 is 6.18 Å². The Morgan fingerprint density at radius 1 is 1.08 bits per heavy atom. The molecule has 0 amide bonds. The number of hydrogen-bond acceptors (Lipinski definition) is 4. The highest BCUT2D eigenvalue weighted by Gasteiger charge is 2.42. The van der Waals surface area contributed by atoms with Crippen LogP contribution in [0.25, 0.3) is 0 Å². The molecule has 0 radical (unpaired) electrons. The van der Waals surface area contributed by atoms with Crippen molar-refractivity contribution in [2.45, 2.75) is 42.3 Å². The number of benzene rings is 2. The lowest BCUT2D eigenvalue weighted by Gasteiger charge is -2.37. The van der Waals surface area contributed by atoms with E-state index in [1.807, 2.05) is 0 Å². The molecule has 3 unspecified atom stereocenters. The zero-order valence-electron chi connectivity index (χ0n) is 21.0. The summed E-state index contributed by atoms with van der Waals surface area (Å²) in [6.07, 6.45) is 0.294. The fraction of sp³-hybridized carbons (Fsp3) is 0.444. The average molecular weight is 551 g/mol. The standard InChI is InChI=1S/C27H30F4N4O2S/c1-34-16-26(32-17-34)38(36,37)33-9-8-22-24-14-20(28)6-7-21(24)23(25(22)15-35-10-3-11-35)13-18-4-2-5-19(12-18)27(29,30)31/h2,4-7,12,14,16-17,22-23,25,33H,3,8-11,13,15H2,1H3. The van der Waals surface area contributed by atoms with Gasteiger partial charge in [-0.25, -0.2) is 22.5 Å². The maximum Gasteiger partial charge on any atom is 0.416 e. The Morgan fingerprint density at radius 2 is 1.87 bits per heavy atom. The van der Waals surface area contributed by atoms with E-state index in [0.29, 0.717) is 18.4 Å². The summed E-state index contributed by atoms with van der Waals surface area (Å²) in [5, 5.41) is -0.0718. The molecule has 3 atom stereocenters. The van der Waals surface area contributed by atoms with Crippen molar-refractivity contribution in [1.29, 1.82) is 0 Å². The first-order chi connectivity index (χ1) is 18.0. The number of hydrogen-bond donors (Lipinski definition) is 1.